The van der Waals surface area contributed by atoms with Gasteiger partial charge < -0.3 is 10.2 Å². The molecule has 0 bridgehead atoms. The van der Waals surface area contributed by atoms with Crippen LogP contribution < -0.4 is 5.32 Å². The van der Waals surface area contributed by atoms with Gasteiger partial charge in [-0.2, -0.15) is 0 Å². The average molecular weight is 214 g/mol. The normalized spacial score (nSPS) is 10.2. The minimum absolute atomic E-state index is 0.0534. The van der Waals surface area contributed by atoms with Crippen LogP contribution in [0.4, 0.5) is 0 Å². The lowest BCUT2D eigenvalue weighted by molar-refractivity contribution is -0.129. The summed E-state index contributed by atoms with van der Waals surface area (Å²) in [6.07, 6.45) is 1.000. The van der Waals surface area contributed by atoms with E-state index in [0.29, 0.717) is 19.0 Å². The average Bonchev–Trinajstić information content (AvgIpc) is 2.09. The van der Waals surface area contributed by atoms with Gasteiger partial charge in [0.05, 0.1) is 0 Å². The molecule has 0 aromatic heterocycles. The minimum Gasteiger partial charge on any atom is -0.355 e. The second-order valence-electron chi connectivity index (χ2n) is 4.17. The van der Waals surface area contributed by atoms with Gasteiger partial charge in [-0.15, -0.1) is 0 Å². The zero-order valence-electron chi connectivity index (χ0n) is 10.2. The van der Waals surface area contributed by atoms with E-state index in [0.717, 1.165) is 13.0 Å². The molecule has 88 valence electrons. The highest BCUT2D eigenvalue weighted by Crippen LogP contribution is 2.01. The van der Waals surface area contributed by atoms with Crippen LogP contribution in [-0.4, -0.2) is 36.3 Å². The second-order valence-corrected chi connectivity index (χ2v) is 4.17. The summed E-state index contributed by atoms with van der Waals surface area (Å²) in [5, 5.41) is 2.69. The summed E-state index contributed by atoms with van der Waals surface area (Å²) in [5.74, 6) is 0.607. The van der Waals surface area contributed by atoms with Gasteiger partial charge in [-0.3, -0.25) is 9.59 Å². The fraction of sp³-hybridized carbons (Fsp3) is 0.818. The van der Waals surface area contributed by atoms with E-state index < -0.39 is 0 Å². The van der Waals surface area contributed by atoms with E-state index in [1.165, 1.54) is 6.92 Å². The Morgan fingerprint density at radius 1 is 1.20 bits per heavy atom. The van der Waals surface area contributed by atoms with Gasteiger partial charge in [0, 0.05) is 33.5 Å². The molecule has 0 aliphatic rings. The first-order valence-corrected chi connectivity index (χ1v) is 5.43. The van der Waals surface area contributed by atoms with Gasteiger partial charge in [0.15, 0.2) is 0 Å². The number of carbonyl (C=O) groups is 2. The van der Waals surface area contributed by atoms with Crippen LogP contribution in [0.3, 0.4) is 0 Å². The van der Waals surface area contributed by atoms with Gasteiger partial charge >= 0.3 is 0 Å². The molecule has 0 saturated carbocycles. The van der Waals surface area contributed by atoms with Crippen LogP contribution in [-0.2, 0) is 9.59 Å². The van der Waals surface area contributed by atoms with E-state index in [9.17, 15) is 9.59 Å². The molecule has 0 aliphatic carbocycles. The lowest BCUT2D eigenvalue weighted by Crippen LogP contribution is -2.37. The van der Waals surface area contributed by atoms with Crippen molar-refractivity contribution in [3.8, 4) is 0 Å². The molecule has 0 saturated heterocycles. The van der Waals surface area contributed by atoms with Crippen molar-refractivity contribution in [2.45, 2.75) is 34.1 Å². The molecule has 0 fully saturated rings. The van der Waals surface area contributed by atoms with E-state index in [-0.39, 0.29) is 11.8 Å². The summed E-state index contributed by atoms with van der Waals surface area (Å²) in [6.45, 7) is 9.21. The molecule has 0 aliphatic heterocycles. The highest BCUT2D eigenvalue weighted by atomic mass is 16.2. The maximum Gasteiger partial charge on any atom is 0.219 e. The lowest BCUT2D eigenvalue weighted by atomic mass is 10.1. The van der Waals surface area contributed by atoms with Crippen LogP contribution in [0.25, 0.3) is 0 Å². The molecule has 2 amide bonds. The van der Waals surface area contributed by atoms with Gasteiger partial charge in [-0.05, 0) is 12.3 Å². The van der Waals surface area contributed by atoms with Crippen molar-refractivity contribution in [1.29, 1.82) is 0 Å². The van der Waals surface area contributed by atoms with Crippen LogP contribution in [0, 0.1) is 5.92 Å². The van der Waals surface area contributed by atoms with E-state index in [2.05, 4.69) is 19.2 Å². The van der Waals surface area contributed by atoms with Crippen molar-refractivity contribution in [2.24, 2.45) is 5.92 Å². The molecular formula is C11H22N2O2. The molecule has 4 nitrogen and oxygen atoms in total. The Morgan fingerprint density at radius 3 is 2.20 bits per heavy atom. The fourth-order valence-corrected chi connectivity index (χ4v) is 1.21. The van der Waals surface area contributed by atoms with Crippen LogP contribution in [0.1, 0.15) is 34.1 Å². The van der Waals surface area contributed by atoms with Crippen LogP contribution in [0.5, 0.6) is 0 Å². The minimum atomic E-state index is -0.0534. The van der Waals surface area contributed by atoms with Gasteiger partial charge in [0.25, 0.3) is 0 Å². The van der Waals surface area contributed by atoms with Crippen molar-refractivity contribution in [1.82, 2.24) is 10.2 Å². The molecule has 0 rings (SSSR count). The number of hydrogen-bond donors (Lipinski definition) is 1. The monoisotopic (exact) mass is 214 g/mol. The van der Waals surface area contributed by atoms with E-state index in [1.807, 2.05) is 0 Å². The zero-order chi connectivity index (χ0) is 11.8. The number of nitrogens with one attached hydrogen (secondary N) is 1. The molecule has 0 spiro atoms. The summed E-state index contributed by atoms with van der Waals surface area (Å²) in [5.41, 5.74) is 0. The highest BCUT2D eigenvalue weighted by Gasteiger charge is 2.08. The number of hydrogen-bond acceptors (Lipinski definition) is 2. The molecular weight excluding hydrogens is 192 g/mol. The van der Waals surface area contributed by atoms with Crippen molar-refractivity contribution >= 4 is 11.8 Å². The second kappa shape index (κ2) is 7.26. The quantitative estimate of drug-likeness (QED) is 0.717. The topological polar surface area (TPSA) is 49.4 Å². The molecule has 0 radical (unpaired) electrons. The SMILES string of the molecule is CC(=O)NCCN(CCC(C)C)C(C)=O. The Bertz CT molecular complexity index is 215. The Kier molecular flexibility index (Phi) is 6.75. The summed E-state index contributed by atoms with van der Waals surface area (Å²) in [6, 6.07) is 0. The first-order valence-electron chi connectivity index (χ1n) is 5.43. The Labute approximate surface area is 92.0 Å². The Balaban J connectivity index is 3.83. The van der Waals surface area contributed by atoms with E-state index >= 15 is 0 Å². The lowest BCUT2D eigenvalue weighted by Gasteiger charge is -2.22. The van der Waals surface area contributed by atoms with Crippen LogP contribution in [0.2, 0.25) is 0 Å². The summed E-state index contributed by atoms with van der Waals surface area (Å²) < 4.78 is 0. The molecule has 1 N–H and O–H groups in total. The third kappa shape index (κ3) is 7.97. The maximum absolute atomic E-state index is 11.2. The van der Waals surface area contributed by atoms with Gasteiger partial charge in [-0.1, -0.05) is 13.8 Å². The summed E-state index contributed by atoms with van der Waals surface area (Å²) >= 11 is 0. The first-order chi connectivity index (χ1) is 6.93. The fourth-order valence-electron chi connectivity index (χ4n) is 1.21. The zero-order valence-corrected chi connectivity index (χ0v) is 10.2. The van der Waals surface area contributed by atoms with Gasteiger partial charge in [0.1, 0.15) is 0 Å². The number of nitrogens with zero attached hydrogens (tertiary/aromatic N) is 1. The molecule has 0 heterocycles. The Morgan fingerprint density at radius 2 is 1.80 bits per heavy atom. The molecule has 0 unspecified atom stereocenters. The first kappa shape index (κ1) is 13.9. The summed E-state index contributed by atoms with van der Waals surface area (Å²) in [4.78, 5) is 23.7. The van der Waals surface area contributed by atoms with Gasteiger partial charge in [0.2, 0.25) is 11.8 Å². The third-order valence-electron chi connectivity index (χ3n) is 2.18. The smallest absolute Gasteiger partial charge is 0.219 e. The van der Waals surface area contributed by atoms with E-state index in [1.54, 1.807) is 11.8 Å². The van der Waals surface area contributed by atoms with Crippen molar-refractivity contribution in [3.63, 3.8) is 0 Å². The van der Waals surface area contributed by atoms with Crippen LogP contribution >= 0.6 is 0 Å². The molecule has 0 aromatic rings. The maximum atomic E-state index is 11.2. The standard InChI is InChI=1S/C11H22N2O2/c1-9(2)5-7-13(11(4)15)8-6-12-10(3)14/h9H,5-8H2,1-4H3,(H,12,14). The summed E-state index contributed by atoms with van der Waals surface area (Å²) in [7, 11) is 0. The molecule has 15 heavy (non-hydrogen) atoms. The highest BCUT2D eigenvalue weighted by molar-refractivity contribution is 5.74. The molecule has 0 aromatic carbocycles. The van der Waals surface area contributed by atoms with Crippen molar-refractivity contribution < 1.29 is 9.59 Å². The van der Waals surface area contributed by atoms with Crippen molar-refractivity contribution in [3.05, 3.63) is 0 Å². The van der Waals surface area contributed by atoms with Crippen molar-refractivity contribution in [2.75, 3.05) is 19.6 Å². The third-order valence-corrected chi connectivity index (χ3v) is 2.18. The largest absolute Gasteiger partial charge is 0.355 e. The molecule has 4 heteroatoms. The van der Waals surface area contributed by atoms with Gasteiger partial charge in [-0.25, -0.2) is 0 Å². The number of amides is 2. The number of carbonyl (C=O) groups excluding carboxylic acids is 2. The van der Waals surface area contributed by atoms with Crippen LogP contribution in [0.15, 0.2) is 0 Å². The number of rotatable bonds is 6. The Hall–Kier alpha value is -1.06. The predicted octanol–water partition coefficient (Wildman–Crippen LogP) is 1.02. The molecule has 0 atom stereocenters. The van der Waals surface area contributed by atoms with E-state index in [4.69, 9.17) is 0 Å². The predicted molar refractivity (Wildman–Crippen MR) is 60.4 cm³/mol.